The molecule has 3 amide bonds. The molecule has 10 nitrogen and oxygen atoms in total. The number of amides is 3. The van der Waals surface area contributed by atoms with E-state index in [9.17, 15) is 29.1 Å². The zero-order chi connectivity index (χ0) is 21.5. The van der Waals surface area contributed by atoms with Gasteiger partial charge in [0.2, 0.25) is 23.2 Å². The maximum absolute atomic E-state index is 13.2. The summed E-state index contributed by atoms with van der Waals surface area (Å²) < 4.78 is 1.62. The number of anilines is 1. The predicted octanol–water partition coefficient (Wildman–Crippen LogP) is -0.299. The lowest BCUT2D eigenvalue weighted by Crippen LogP contribution is -2.51. The Morgan fingerprint density at radius 1 is 1.23 bits per heavy atom. The lowest BCUT2D eigenvalue weighted by Gasteiger charge is -2.29. The molecule has 0 aliphatic carbocycles. The number of nitrogens with zero attached hydrogens (tertiary/aromatic N) is 2. The normalized spacial score (nSPS) is 27.1. The number of aryl methyl sites for hydroxylation is 1. The van der Waals surface area contributed by atoms with Crippen molar-refractivity contribution in [2.45, 2.75) is 19.0 Å². The summed E-state index contributed by atoms with van der Waals surface area (Å²) in [6, 6.07) is 3.28. The van der Waals surface area contributed by atoms with E-state index in [2.05, 4.69) is 10.6 Å². The Balaban J connectivity index is 1.91. The third kappa shape index (κ3) is 1.93. The van der Waals surface area contributed by atoms with Crippen LogP contribution in [0.3, 0.4) is 0 Å². The molecule has 30 heavy (non-hydrogen) atoms. The molecule has 3 aliphatic heterocycles. The standard InChI is InChI=1S/C20H18N4O6/c1-3-24-7-9(18(28)29)15(25)12-11(24)5-4-10-14(12)20(19(30)22-10)13-8(6-21-20)16(26)23(2)17(13)27/h4-5,7-8,13,21H,3,6H2,1-2H3,(H,22,30)(H,28,29). The fraction of sp³-hybridized carbons (Fsp3) is 0.350. The number of rotatable bonds is 2. The number of fused-ring (bicyclic) bond motifs is 6. The zero-order valence-electron chi connectivity index (χ0n) is 16.2. The van der Waals surface area contributed by atoms with Crippen molar-refractivity contribution < 1.29 is 24.3 Å². The van der Waals surface area contributed by atoms with E-state index < -0.39 is 46.2 Å². The van der Waals surface area contributed by atoms with Crippen LogP contribution in [0, 0.1) is 11.8 Å². The first-order valence-corrected chi connectivity index (χ1v) is 9.55. The van der Waals surface area contributed by atoms with Crippen molar-refractivity contribution in [2.75, 3.05) is 18.9 Å². The maximum atomic E-state index is 13.2. The number of aromatic carboxylic acids is 1. The molecule has 10 heteroatoms. The predicted molar refractivity (Wildman–Crippen MR) is 104 cm³/mol. The Morgan fingerprint density at radius 2 is 1.97 bits per heavy atom. The van der Waals surface area contributed by atoms with E-state index in [-0.39, 0.29) is 23.4 Å². The zero-order valence-corrected chi connectivity index (χ0v) is 16.2. The lowest BCUT2D eigenvalue weighted by molar-refractivity contribution is -0.141. The summed E-state index contributed by atoms with van der Waals surface area (Å²) in [5.74, 6) is -4.53. The van der Waals surface area contributed by atoms with Crippen LogP contribution in [0.25, 0.3) is 10.9 Å². The third-order valence-corrected chi connectivity index (χ3v) is 6.54. The van der Waals surface area contributed by atoms with Crippen molar-refractivity contribution in [3.8, 4) is 0 Å². The molecule has 4 heterocycles. The number of pyridine rings is 1. The van der Waals surface area contributed by atoms with Crippen LogP contribution < -0.4 is 16.1 Å². The van der Waals surface area contributed by atoms with Crippen molar-refractivity contribution in [3.05, 3.63) is 39.7 Å². The smallest absolute Gasteiger partial charge is 0.341 e. The van der Waals surface area contributed by atoms with Gasteiger partial charge in [0, 0.05) is 37.6 Å². The molecule has 0 radical (unpaired) electrons. The molecule has 1 aromatic heterocycles. The van der Waals surface area contributed by atoms with Gasteiger partial charge in [-0.2, -0.15) is 0 Å². The summed E-state index contributed by atoms with van der Waals surface area (Å²) >= 11 is 0. The molecule has 3 atom stereocenters. The molecular weight excluding hydrogens is 392 g/mol. The van der Waals surface area contributed by atoms with Crippen molar-refractivity contribution in [2.24, 2.45) is 11.8 Å². The first-order valence-electron chi connectivity index (χ1n) is 9.55. The average molecular weight is 410 g/mol. The first kappa shape index (κ1) is 18.5. The molecule has 2 saturated heterocycles. The highest BCUT2D eigenvalue weighted by Crippen LogP contribution is 2.52. The van der Waals surface area contributed by atoms with Crippen LogP contribution in [0.1, 0.15) is 22.8 Å². The van der Waals surface area contributed by atoms with Crippen molar-refractivity contribution in [3.63, 3.8) is 0 Å². The van der Waals surface area contributed by atoms with Crippen molar-refractivity contribution in [1.82, 2.24) is 14.8 Å². The number of hydrogen-bond donors (Lipinski definition) is 3. The topological polar surface area (TPSA) is 138 Å². The number of hydrogen-bond acceptors (Lipinski definition) is 6. The molecule has 0 bridgehead atoms. The number of carboxylic acid groups (broad SMARTS) is 1. The van der Waals surface area contributed by atoms with Gasteiger partial charge in [-0.1, -0.05) is 0 Å². The van der Waals surface area contributed by atoms with Gasteiger partial charge in [-0.15, -0.1) is 0 Å². The molecule has 5 rings (SSSR count). The van der Waals surface area contributed by atoms with Gasteiger partial charge < -0.3 is 15.0 Å². The molecule has 1 spiro atoms. The Hall–Kier alpha value is -3.53. The molecule has 3 N–H and O–H groups in total. The van der Waals surface area contributed by atoms with E-state index in [1.807, 2.05) is 0 Å². The number of imide groups is 1. The Bertz CT molecular complexity index is 1260. The number of benzene rings is 1. The lowest BCUT2D eigenvalue weighted by atomic mass is 9.76. The van der Waals surface area contributed by atoms with Gasteiger partial charge in [0.15, 0.2) is 0 Å². The van der Waals surface area contributed by atoms with Gasteiger partial charge >= 0.3 is 5.97 Å². The van der Waals surface area contributed by atoms with Crippen molar-refractivity contribution in [1.29, 1.82) is 0 Å². The number of carbonyl (C=O) groups excluding carboxylic acids is 3. The van der Waals surface area contributed by atoms with Gasteiger partial charge in [-0.25, -0.2) is 4.79 Å². The minimum atomic E-state index is -1.61. The second-order valence-electron chi connectivity index (χ2n) is 7.81. The summed E-state index contributed by atoms with van der Waals surface area (Å²) in [7, 11) is 1.38. The van der Waals surface area contributed by atoms with Gasteiger partial charge in [-0.05, 0) is 19.1 Å². The first-order chi connectivity index (χ1) is 14.2. The van der Waals surface area contributed by atoms with Crippen LogP contribution in [-0.4, -0.2) is 51.9 Å². The van der Waals surface area contributed by atoms with Crippen LogP contribution in [-0.2, 0) is 26.5 Å². The molecule has 1 aromatic carbocycles. The largest absolute Gasteiger partial charge is 0.477 e. The molecule has 0 saturated carbocycles. The van der Waals surface area contributed by atoms with E-state index in [0.717, 1.165) is 4.90 Å². The molecular formula is C20H18N4O6. The second-order valence-corrected chi connectivity index (χ2v) is 7.81. The van der Waals surface area contributed by atoms with E-state index >= 15 is 0 Å². The minimum Gasteiger partial charge on any atom is -0.477 e. The minimum absolute atomic E-state index is 0.0653. The second kappa shape index (κ2) is 5.76. The Morgan fingerprint density at radius 3 is 2.63 bits per heavy atom. The molecule has 2 aromatic rings. The van der Waals surface area contributed by atoms with Crippen LogP contribution >= 0.6 is 0 Å². The monoisotopic (exact) mass is 410 g/mol. The SMILES string of the molecule is CCn1cc(C(=O)O)c(=O)c2c3c(ccc21)NC(=O)C31NCC2C(=O)N(C)C(=O)C21. The fourth-order valence-electron chi connectivity index (χ4n) is 5.16. The van der Waals surface area contributed by atoms with E-state index in [0.29, 0.717) is 17.7 Å². The molecule has 2 fully saturated rings. The summed E-state index contributed by atoms with van der Waals surface area (Å²) in [4.78, 5) is 64.6. The van der Waals surface area contributed by atoms with Gasteiger partial charge in [0.1, 0.15) is 11.1 Å². The maximum Gasteiger partial charge on any atom is 0.341 e. The quantitative estimate of drug-likeness (QED) is 0.578. The fourth-order valence-corrected chi connectivity index (χ4v) is 5.16. The molecule has 154 valence electrons. The number of nitrogens with one attached hydrogen (secondary N) is 2. The Kier molecular flexibility index (Phi) is 3.55. The van der Waals surface area contributed by atoms with Gasteiger partial charge in [0.25, 0.3) is 0 Å². The highest BCUT2D eigenvalue weighted by Gasteiger charge is 2.67. The van der Waals surface area contributed by atoms with E-state index in [1.165, 1.54) is 13.2 Å². The van der Waals surface area contributed by atoms with E-state index in [1.54, 1.807) is 23.6 Å². The van der Waals surface area contributed by atoms with Crippen molar-refractivity contribution >= 4 is 40.3 Å². The molecule has 3 aliphatic rings. The number of likely N-dealkylation sites (tertiary alicyclic amines) is 1. The van der Waals surface area contributed by atoms with Crippen LogP contribution in [0.2, 0.25) is 0 Å². The highest BCUT2D eigenvalue weighted by molar-refractivity contribution is 6.17. The summed E-state index contributed by atoms with van der Waals surface area (Å²) in [5.41, 5.74) is -1.74. The number of carbonyl (C=O) groups is 4. The number of aromatic nitrogens is 1. The van der Waals surface area contributed by atoms with Crippen LogP contribution in [0.4, 0.5) is 5.69 Å². The van der Waals surface area contributed by atoms with Gasteiger partial charge in [0.05, 0.1) is 22.7 Å². The van der Waals surface area contributed by atoms with E-state index in [4.69, 9.17) is 0 Å². The summed E-state index contributed by atoms with van der Waals surface area (Å²) in [6.07, 6.45) is 1.28. The summed E-state index contributed by atoms with van der Waals surface area (Å²) in [6.45, 7) is 2.30. The Labute approximate surface area is 169 Å². The average Bonchev–Trinajstić information content (AvgIpc) is 3.31. The number of carboxylic acids is 1. The van der Waals surface area contributed by atoms with Crippen LogP contribution in [0.15, 0.2) is 23.1 Å². The van der Waals surface area contributed by atoms with Crippen LogP contribution in [0.5, 0.6) is 0 Å². The third-order valence-electron chi connectivity index (χ3n) is 6.54. The molecule has 3 unspecified atom stereocenters. The summed E-state index contributed by atoms with van der Waals surface area (Å²) in [5, 5.41) is 15.4. The van der Waals surface area contributed by atoms with Gasteiger partial charge in [-0.3, -0.25) is 29.4 Å². The highest BCUT2D eigenvalue weighted by atomic mass is 16.4.